The molecule has 6 heteroatoms. The third-order valence-corrected chi connectivity index (χ3v) is 3.35. The summed E-state index contributed by atoms with van der Waals surface area (Å²) < 4.78 is 37.5. The first-order valence-electron chi connectivity index (χ1n) is 6.24. The van der Waals surface area contributed by atoms with Gasteiger partial charge in [0.2, 0.25) is 5.91 Å². The monoisotopic (exact) mass is 266 g/mol. The predicted molar refractivity (Wildman–Crippen MR) is 63.1 cm³/mol. The molecule has 0 aromatic carbocycles. The van der Waals surface area contributed by atoms with Gasteiger partial charge in [-0.15, -0.1) is 0 Å². The second-order valence-corrected chi connectivity index (χ2v) is 5.48. The van der Waals surface area contributed by atoms with Gasteiger partial charge in [0.1, 0.15) is 6.54 Å². The summed E-state index contributed by atoms with van der Waals surface area (Å²) in [7, 11) is 0. The Morgan fingerprint density at radius 2 is 2.06 bits per heavy atom. The van der Waals surface area contributed by atoms with Gasteiger partial charge in [0, 0.05) is 12.6 Å². The van der Waals surface area contributed by atoms with Crippen molar-refractivity contribution in [2.24, 2.45) is 5.41 Å². The molecule has 0 saturated carbocycles. The molecule has 0 aromatic rings. The number of nitrogens with zero attached hydrogens (tertiary/aromatic N) is 1. The van der Waals surface area contributed by atoms with Gasteiger partial charge in [-0.1, -0.05) is 0 Å². The Morgan fingerprint density at radius 3 is 2.44 bits per heavy atom. The van der Waals surface area contributed by atoms with Crippen molar-refractivity contribution in [1.82, 2.24) is 10.2 Å². The van der Waals surface area contributed by atoms with Crippen LogP contribution in [0.2, 0.25) is 0 Å². The highest BCUT2D eigenvalue weighted by molar-refractivity contribution is 5.83. The number of nitrogens with one attached hydrogen (secondary N) is 1. The first kappa shape index (κ1) is 15.3. The number of rotatable bonds is 3. The molecule has 1 unspecified atom stereocenters. The Labute approximate surface area is 106 Å². The summed E-state index contributed by atoms with van der Waals surface area (Å²) >= 11 is 0. The Balaban J connectivity index is 2.82. The molecule has 0 spiro atoms. The summed E-state index contributed by atoms with van der Waals surface area (Å²) in [5, 5.41) is 3.08. The highest BCUT2D eigenvalue weighted by Gasteiger charge is 2.42. The van der Waals surface area contributed by atoms with Crippen molar-refractivity contribution in [2.45, 2.75) is 45.8 Å². The quantitative estimate of drug-likeness (QED) is 0.849. The van der Waals surface area contributed by atoms with E-state index in [-0.39, 0.29) is 0 Å². The average Bonchev–Trinajstić information content (AvgIpc) is 2.24. The number of hydrogen-bond acceptors (Lipinski definition) is 2. The van der Waals surface area contributed by atoms with Crippen LogP contribution < -0.4 is 5.32 Å². The first-order chi connectivity index (χ1) is 8.16. The summed E-state index contributed by atoms with van der Waals surface area (Å²) in [6.07, 6.45) is -2.89. The van der Waals surface area contributed by atoms with E-state index in [1.54, 1.807) is 20.8 Å². The standard InChI is InChI=1S/C12H21F3N2O/c1-9(2)17(8-12(13,14)15)10(18)11(3)5-4-6-16-7-11/h9,16H,4-8H2,1-3H3. The lowest BCUT2D eigenvalue weighted by Crippen LogP contribution is -2.54. The van der Waals surface area contributed by atoms with E-state index in [0.29, 0.717) is 13.0 Å². The molecule has 0 bridgehead atoms. The van der Waals surface area contributed by atoms with Crippen LogP contribution in [0.4, 0.5) is 13.2 Å². The maximum absolute atomic E-state index is 12.5. The van der Waals surface area contributed by atoms with Crippen LogP contribution in [-0.4, -0.2) is 42.7 Å². The molecule has 0 radical (unpaired) electrons. The van der Waals surface area contributed by atoms with Gasteiger partial charge in [-0.05, 0) is 40.2 Å². The highest BCUT2D eigenvalue weighted by atomic mass is 19.4. The molecule has 1 saturated heterocycles. The average molecular weight is 266 g/mol. The number of alkyl halides is 3. The van der Waals surface area contributed by atoms with E-state index in [9.17, 15) is 18.0 Å². The van der Waals surface area contributed by atoms with Crippen molar-refractivity contribution >= 4 is 5.91 Å². The van der Waals surface area contributed by atoms with Gasteiger partial charge in [0.05, 0.1) is 5.41 Å². The third-order valence-electron chi connectivity index (χ3n) is 3.35. The van der Waals surface area contributed by atoms with Crippen LogP contribution in [0, 0.1) is 5.41 Å². The van der Waals surface area contributed by atoms with Crippen LogP contribution in [-0.2, 0) is 4.79 Å². The van der Waals surface area contributed by atoms with Crippen LogP contribution in [0.5, 0.6) is 0 Å². The predicted octanol–water partition coefficient (Wildman–Crippen LogP) is 2.18. The van der Waals surface area contributed by atoms with E-state index < -0.39 is 30.1 Å². The maximum atomic E-state index is 12.5. The number of halogens is 3. The minimum Gasteiger partial charge on any atom is -0.331 e. The lowest BCUT2D eigenvalue weighted by atomic mass is 9.81. The number of carbonyl (C=O) groups excluding carboxylic acids is 1. The molecule has 18 heavy (non-hydrogen) atoms. The van der Waals surface area contributed by atoms with Crippen molar-refractivity contribution in [3.8, 4) is 0 Å². The van der Waals surface area contributed by atoms with Gasteiger partial charge in [0.15, 0.2) is 0 Å². The topological polar surface area (TPSA) is 32.3 Å². The lowest BCUT2D eigenvalue weighted by Gasteiger charge is -2.39. The Kier molecular flexibility index (Phi) is 4.64. The summed E-state index contributed by atoms with van der Waals surface area (Å²) in [5.74, 6) is -0.401. The number of amides is 1. The third kappa shape index (κ3) is 3.86. The van der Waals surface area contributed by atoms with Gasteiger partial charge >= 0.3 is 6.18 Å². The normalized spacial score (nSPS) is 25.3. The van der Waals surface area contributed by atoms with Crippen LogP contribution in [0.15, 0.2) is 0 Å². The Hall–Kier alpha value is -0.780. The SMILES string of the molecule is CC(C)N(CC(F)(F)F)C(=O)C1(C)CCCNC1. The van der Waals surface area contributed by atoms with E-state index >= 15 is 0 Å². The number of piperidine rings is 1. The summed E-state index contributed by atoms with van der Waals surface area (Å²) in [6.45, 7) is 5.08. The molecule has 1 aliphatic heterocycles. The van der Waals surface area contributed by atoms with E-state index in [1.807, 2.05) is 0 Å². The van der Waals surface area contributed by atoms with Crippen LogP contribution in [0.25, 0.3) is 0 Å². The lowest BCUT2D eigenvalue weighted by molar-refractivity contribution is -0.171. The van der Waals surface area contributed by atoms with Crippen molar-refractivity contribution in [1.29, 1.82) is 0 Å². The summed E-state index contributed by atoms with van der Waals surface area (Å²) in [5.41, 5.74) is -0.715. The molecule has 3 nitrogen and oxygen atoms in total. The molecule has 1 rings (SSSR count). The van der Waals surface area contributed by atoms with Crippen LogP contribution in [0.1, 0.15) is 33.6 Å². The fourth-order valence-electron chi connectivity index (χ4n) is 2.27. The molecule has 0 aliphatic carbocycles. The van der Waals surface area contributed by atoms with E-state index in [2.05, 4.69) is 5.32 Å². The van der Waals surface area contributed by atoms with Crippen molar-refractivity contribution in [3.05, 3.63) is 0 Å². The van der Waals surface area contributed by atoms with Gasteiger partial charge < -0.3 is 10.2 Å². The molecule has 106 valence electrons. The Morgan fingerprint density at radius 1 is 1.44 bits per heavy atom. The number of carbonyl (C=O) groups is 1. The largest absolute Gasteiger partial charge is 0.406 e. The van der Waals surface area contributed by atoms with Gasteiger partial charge in [-0.2, -0.15) is 13.2 Å². The van der Waals surface area contributed by atoms with E-state index in [4.69, 9.17) is 0 Å². The van der Waals surface area contributed by atoms with Crippen LogP contribution in [0.3, 0.4) is 0 Å². The van der Waals surface area contributed by atoms with Crippen molar-refractivity contribution in [3.63, 3.8) is 0 Å². The molecule has 1 heterocycles. The minimum absolute atomic E-state index is 0.401. The molecule has 1 fully saturated rings. The Bertz CT molecular complexity index is 296. The fraction of sp³-hybridized carbons (Fsp3) is 0.917. The van der Waals surface area contributed by atoms with E-state index in [0.717, 1.165) is 17.9 Å². The second kappa shape index (κ2) is 5.47. The zero-order valence-electron chi connectivity index (χ0n) is 11.1. The smallest absolute Gasteiger partial charge is 0.331 e. The first-order valence-corrected chi connectivity index (χ1v) is 6.24. The molecule has 0 aromatic heterocycles. The number of hydrogen-bond donors (Lipinski definition) is 1. The van der Waals surface area contributed by atoms with Gasteiger partial charge in [0.25, 0.3) is 0 Å². The summed E-state index contributed by atoms with van der Waals surface area (Å²) in [4.78, 5) is 13.3. The molecular formula is C12H21F3N2O. The highest BCUT2D eigenvalue weighted by Crippen LogP contribution is 2.30. The molecular weight excluding hydrogens is 245 g/mol. The summed E-state index contributed by atoms with van der Waals surface area (Å²) in [6, 6.07) is -0.446. The van der Waals surface area contributed by atoms with Crippen molar-refractivity contribution < 1.29 is 18.0 Å². The van der Waals surface area contributed by atoms with Crippen molar-refractivity contribution in [2.75, 3.05) is 19.6 Å². The van der Waals surface area contributed by atoms with Gasteiger partial charge in [-0.25, -0.2) is 0 Å². The maximum Gasteiger partial charge on any atom is 0.406 e. The molecule has 1 aliphatic rings. The zero-order valence-corrected chi connectivity index (χ0v) is 11.1. The molecule has 1 N–H and O–H groups in total. The second-order valence-electron chi connectivity index (χ2n) is 5.48. The fourth-order valence-corrected chi connectivity index (χ4v) is 2.27. The van der Waals surface area contributed by atoms with E-state index in [1.165, 1.54) is 0 Å². The zero-order chi connectivity index (χ0) is 14.0. The molecule has 1 atom stereocenters. The van der Waals surface area contributed by atoms with Crippen LogP contribution >= 0.6 is 0 Å². The van der Waals surface area contributed by atoms with Gasteiger partial charge in [-0.3, -0.25) is 4.79 Å². The minimum atomic E-state index is -4.35. The molecule has 1 amide bonds.